The van der Waals surface area contributed by atoms with E-state index < -0.39 is 0 Å². The van der Waals surface area contributed by atoms with E-state index in [1.807, 2.05) is 16.8 Å². The monoisotopic (exact) mass is 201 g/mol. The van der Waals surface area contributed by atoms with E-state index in [0.717, 1.165) is 17.1 Å². The topological polar surface area (TPSA) is 30.7 Å². The zero-order chi connectivity index (χ0) is 10.8. The molecular formula is C12H15N3. The van der Waals surface area contributed by atoms with Gasteiger partial charge in [0.1, 0.15) is 0 Å². The van der Waals surface area contributed by atoms with Crippen molar-refractivity contribution in [1.82, 2.24) is 14.8 Å². The maximum atomic E-state index is 4.57. The zero-order valence-electron chi connectivity index (χ0n) is 9.31. The van der Waals surface area contributed by atoms with Crippen molar-refractivity contribution in [1.29, 1.82) is 0 Å². The zero-order valence-corrected chi connectivity index (χ0v) is 9.31. The summed E-state index contributed by atoms with van der Waals surface area (Å²) in [5.74, 6) is 0.465. The van der Waals surface area contributed by atoms with Gasteiger partial charge in [-0.25, -0.2) is 4.68 Å². The molecule has 0 radical (unpaired) electrons. The van der Waals surface area contributed by atoms with Gasteiger partial charge in [-0.1, -0.05) is 13.8 Å². The maximum absolute atomic E-state index is 4.57. The molecule has 0 spiro atoms. The van der Waals surface area contributed by atoms with E-state index in [1.54, 1.807) is 12.4 Å². The molecule has 0 aliphatic rings. The first-order chi connectivity index (χ1) is 7.18. The summed E-state index contributed by atoms with van der Waals surface area (Å²) < 4.78 is 1.96. The minimum absolute atomic E-state index is 0.465. The third-order valence-corrected chi connectivity index (χ3v) is 2.41. The SMILES string of the molecule is Cc1cc(C(C)C)nn1-c1ccncc1. The van der Waals surface area contributed by atoms with Gasteiger partial charge in [0.15, 0.2) is 0 Å². The van der Waals surface area contributed by atoms with Crippen LogP contribution in [0.5, 0.6) is 0 Å². The van der Waals surface area contributed by atoms with Crippen molar-refractivity contribution in [2.45, 2.75) is 26.7 Å². The number of hydrogen-bond acceptors (Lipinski definition) is 2. The summed E-state index contributed by atoms with van der Waals surface area (Å²) in [6.07, 6.45) is 3.57. The van der Waals surface area contributed by atoms with Crippen molar-refractivity contribution in [3.05, 3.63) is 42.0 Å². The van der Waals surface area contributed by atoms with Gasteiger partial charge in [-0.15, -0.1) is 0 Å². The van der Waals surface area contributed by atoms with Gasteiger partial charge in [-0.2, -0.15) is 5.10 Å². The maximum Gasteiger partial charge on any atom is 0.0679 e. The van der Waals surface area contributed by atoms with Gasteiger partial charge in [0.2, 0.25) is 0 Å². The molecule has 2 aromatic rings. The van der Waals surface area contributed by atoms with Crippen LogP contribution in [0.2, 0.25) is 0 Å². The molecule has 3 heteroatoms. The molecule has 0 saturated carbocycles. The van der Waals surface area contributed by atoms with E-state index in [2.05, 4.69) is 36.9 Å². The number of hydrogen-bond donors (Lipinski definition) is 0. The Morgan fingerprint density at radius 2 is 1.87 bits per heavy atom. The van der Waals surface area contributed by atoms with Gasteiger partial charge in [-0.3, -0.25) is 4.98 Å². The molecule has 0 atom stereocenters. The average molecular weight is 201 g/mol. The van der Waals surface area contributed by atoms with Crippen molar-refractivity contribution in [2.75, 3.05) is 0 Å². The standard InChI is InChI=1S/C12H15N3/c1-9(2)12-8-10(3)15(14-12)11-4-6-13-7-5-11/h4-9H,1-3H3. The fourth-order valence-corrected chi connectivity index (χ4v) is 1.53. The molecule has 0 aliphatic carbocycles. The minimum atomic E-state index is 0.465. The molecule has 0 saturated heterocycles. The summed E-state index contributed by atoms with van der Waals surface area (Å²) in [4.78, 5) is 4.00. The van der Waals surface area contributed by atoms with Crippen LogP contribution in [0.1, 0.15) is 31.2 Å². The van der Waals surface area contributed by atoms with Crippen LogP contribution in [-0.2, 0) is 0 Å². The van der Waals surface area contributed by atoms with Crippen LogP contribution in [0.15, 0.2) is 30.6 Å². The molecule has 0 bridgehead atoms. The fourth-order valence-electron chi connectivity index (χ4n) is 1.53. The number of aryl methyl sites for hydroxylation is 1. The molecule has 0 fully saturated rings. The lowest BCUT2D eigenvalue weighted by molar-refractivity contribution is 0.760. The second-order valence-electron chi connectivity index (χ2n) is 3.98. The molecule has 2 heterocycles. The van der Waals surface area contributed by atoms with E-state index in [1.165, 1.54) is 0 Å². The third kappa shape index (κ3) is 1.91. The summed E-state index contributed by atoms with van der Waals surface area (Å²) in [5.41, 5.74) is 3.35. The Morgan fingerprint density at radius 3 is 2.40 bits per heavy atom. The van der Waals surface area contributed by atoms with Crippen LogP contribution in [0, 0.1) is 6.92 Å². The molecule has 0 N–H and O–H groups in total. The molecule has 0 aliphatic heterocycles. The summed E-state index contributed by atoms with van der Waals surface area (Å²) in [5, 5.41) is 4.57. The van der Waals surface area contributed by atoms with Crippen molar-refractivity contribution in [2.24, 2.45) is 0 Å². The van der Waals surface area contributed by atoms with Gasteiger partial charge in [0, 0.05) is 18.1 Å². The highest BCUT2D eigenvalue weighted by atomic mass is 15.3. The predicted octanol–water partition coefficient (Wildman–Crippen LogP) is 2.70. The van der Waals surface area contributed by atoms with Crippen LogP contribution < -0.4 is 0 Å². The highest BCUT2D eigenvalue weighted by molar-refractivity contribution is 5.31. The Kier molecular flexibility index (Phi) is 2.54. The molecule has 0 unspecified atom stereocenters. The van der Waals surface area contributed by atoms with Gasteiger partial charge in [0.05, 0.1) is 11.4 Å². The quantitative estimate of drug-likeness (QED) is 0.748. The van der Waals surface area contributed by atoms with E-state index in [4.69, 9.17) is 0 Å². The summed E-state index contributed by atoms with van der Waals surface area (Å²) >= 11 is 0. The molecule has 2 rings (SSSR count). The van der Waals surface area contributed by atoms with E-state index in [0.29, 0.717) is 5.92 Å². The fraction of sp³-hybridized carbons (Fsp3) is 0.333. The van der Waals surface area contributed by atoms with Crippen molar-refractivity contribution in [3.63, 3.8) is 0 Å². The number of nitrogens with zero attached hydrogens (tertiary/aromatic N) is 3. The first-order valence-corrected chi connectivity index (χ1v) is 5.15. The van der Waals surface area contributed by atoms with Crippen LogP contribution >= 0.6 is 0 Å². The summed E-state index contributed by atoms with van der Waals surface area (Å²) in [7, 11) is 0. The van der Waals surface area contributed by atoms with Gasteiger partial charge in [0.25, 0.3) is 0 Å². The highest BCUT2D eigenvalue weighted by Gasteiger charge is 2.08. The molecule has 78 valence electrons. The lowest BCUT2D eigenvalue weighted by Gasteiger charge is -2.03. The first-order valence-electron chi connectivity index (χ1n) is 5.15. The number of rotatable bonds is 2. The summed E-state index contributed by atoms with van der Waals surface area (Å²) in [6, 6.07) is 6.05. The summed E-state index contributed by atoms with van der Waals surface area (Å²) in [6.45, 7) is 6.37. The van der Waals surface area contributed by atoms with Crippen molar-refractivity contribution in [3.8, 4) is 5.69 Å². The van der Waals surface area contributed by atoms with Crippen LogP contribution in [0.3, 0.4) is 0 Å². The second kappa shape index (κ2) is 3.85. The molecule has 15 heavy (non-hydrogen) atoms. The van der Waals surface area contributed by atoms with Gasteiger partial charge < -0.3 is 0 Å². The molecule has 0 aromatic carbocycles. The van der Waals surface area contributed by atoms with E-state index in [-0.39, 0.29) is 0 Å². The van der Waals surface area contributed by atoms with Crippen LogP contribution in [0.4, 0.5) is 0 Å². The molecule has 2 aromatic heterocycles. The van der Waals surface area contributed by atoms with Crippen LogP contribution in [0.25, 0.3) is 5.69 Å². The Balaban J connectivity index is 2.45. The van der Waals surface area contributed by atoms with E-state index >= 15 is 0 Å². The predicted molar refractivity (Wildman–Crippen MR) is 60.2 cm³/mol. The Morgan fingerprint density at radius 1 is 1.20 bits per heavy atom. The highest BCUT2D eigenvalue weighted by Crippen LogP contribution is 2.16. The van der Waals surface area contributed by atoms with Gasteiger partial charge >= 0.3 is 0 Å². The Hall–Kier alpha value is -1.64. The average Bonchev–Trinajstić information content (AvgIpc) is 2.62. The second-order valence-corrected chi connectivity index (χ2v) is 3.98. The first kappa shape index (κ1) is 9.90. The number of pyridine rings is 1. The minimum Gasteiger partial charge on any atom is -0.265 e. The lowest BCUT2D eigenvalue weighted by Crippen LogP contribution is -1.99. The third-order valence-electron chi connectivity index (χ3n) is 2.41. The molecule has 0 amide bonds. The molecule has 3 nitrogen and oxygen atoms in total. The molecular weight excluding hydrogens is 186 g/mol. The Labute approximate surface area is 89.8 Å². The van der Waals surface area contributed by atoms with Gasteiger partial charge in [-0.05, 0) is 31.0 Å². The van der Waals surface area contributed by atoms with Crippen molar-refractivity contribution < 1.29 is 0 Å². The smallest absolute Gasteiger partial charge is 0.0679 e. The van der Waals surface area contributed by atoms with Crippen LogP contribution in [-0.4, -0.2) is 14.8 Å². The number of aromatic nitrogens is 3. The lowest BCUT2D eigenvalue weighted by atomic mass is 10.1. The largest absolute Gasteiger partial charge is 0.265 e. The van der Waals surface area contributed by atoms with E-state index in [9.17, 15) is 0 Å². The normalized spacial score (nSPS) is 10.9. The Bertz CT molecular complexity index is 443. The van der Waals surface area contributed by atoms with Crippen molar-refractivity contribution >= 4 is 0 Å².